The van der Waals surface area contributed by atoms with Crippen molar-refractivity contribution >= 4 is 29.0 Å². The van der Waals surface area contributed by atoms with Crippen LogP contribution in [0.2, 0.25) is 0 Å². The summed E-state index contributed by atoms with van der Waals surface area (Å²) in [5.41, 5.74) is 3.98. The van der Waals surface area contributed by atoms with Crippen LogP contribution in [0.5, 0.6) is 0 Å². The first-order valence-corrected chi connectivity index (χ1v) is 14.6. The van der Waals surface area contributed by atoms with Crippen LogP contribution in [0, 0.1) is 0 Å². The number of fused-ring (bicyclic) bond motifs is 3. The van der Waals surface area contributed by atoms with Crippen LogP contribution in [0.4, 0.5) is 29.0 Å². The van der Waals surface area contributed by atoms with Crippen molar-refractivity contribution in [1.29, 1.82) is 0 Å². The highest BCUT2D eigenvalue weighted by molar-refractivity contribution is 5.71. The second kappa shape index (κ2) is 9.98. The maximum absolute atomic E-state index is 6.38. The van der Waals surface area contributed by atoms with Gasteiger partial charge in [0.25, 0.3) is 0 Å². The summed E-state index contributed by atoms with van der Waals surface area (Å²) in [6.45, 7) is 12.7. The Morgan fingerprint density at radius 3 is 2.62 bits per heavy atom. The van der Waals surface area contributed by atoms with Crippen molar-refractivity contribution in [2.24, 2.45) is 0 Å². The number of nitrogens with one attached hydrogen (secondary N) is 2. The highest BCUT2D eigenvalue weighted by atomic mass is 16.5. The zero-order valence-electron chi connectivity index (χ0n) is 23.7. The lowest BCUT2D eigenvalue weighted by Gasteiger charge is -2.46. The van der Waals surface area contributed by atoms with Gasteiger partial charge in [0.15, 0.2) is 0 Å². The molecule has 40 heavy (non-hydrogen) atoms. The number of morpholine rings is 1. The van der Waals surface area contributed by atoms with Gasteiger partial charge in [0.05, 0.1) is 31.5 Å². The molecule has 210 valence electrons. The number of anilines is 5. The Morgan fingerprint density at radius 2 is 1.85 bits per heavy atom. The fourth-order valence-corrected chi connectivity index (χ4v) is 6.67. The molecular formula is C31H39N7O2. The Bertz CT molecular complexity index is 1370. The number of ether oxygens (including phenoxy) is 2. The van der Waals surface area contributed by atoms with Gasteiger partial charge in [-0.25, -0.2) is 9.97 Å². The molecule has 0 amide bonds. The Morgan fingerprint density at radius 1 is 1.02 bits per heavy atom. The van der Waals surface area contributed by atoms with Gasteiger partial charge in [-0.15, -0.1) is 0 Å². The smallest absolute Gasteiger partial charge is 0.229 e. The molecule has 3 atom stereocenters. The van der Waals surface area contributed by atoms with Crippen molar-refractivity contribution in [2.75, 3.05) is 61.1 Å². The first kappa shape index (κ1) is 25.7. The summed E-state index contributed by atoms with van der Waals surface area (Å²) in [4.78, 5) is 19.8. The maximum atomic E-state index is 6.38. The number of aromatic nitrogens is 3. The minimum absolute atomic E-state index is 0.174. The minimum Gasteiger partial charge on any atom is -0.378 e. The quantitative estimate of drug-likeness (QED) is 0.485. The predicted octanol–water partition coefficient (Wildman–Crippen LogP) is 4.51. The van der Waals surface area contributed by atoms with Crippen molar-refractivity contribution in [3.05, 3.63) is 59.9 Å². The molecule has 7 rings (SSSR count). The second-order valence-electron chi connectivity index (χ2n) is 12.4. The zero-order chi connectivity index (χ0) is 27.3. The summed E-state index contributed by atoms with van der Waals surface area (Å²) in [6.07, 6.45) is 3.99. The summed E-state index contributed by atoms with van der Waals surface area (Å²) < 4.78 is 11.9. The van der Waals surface area contributed by atoms with E-state index < -0.39 is 0 Å². The van der Waals surface area contributed by atoms with Gasteiger partial charge >= 0.3 is 0 Å². The van der Waals surface area contributed by atoms with E-state index in [0.29, 0.717) is 18.5 Å². The number of pyridine rings is 1. The van der Waals surface area contributed by atoms with E-state index in [-0.39, 0.29) is 17.1 Å². The highest BCUT2D eigenvalue weighted by Crippen LogP contribution is 2.53. The molecule has 0 radical (unpaired) electrons. The number of hydrogen-bond donors (Lipinski definition) is 2. The monoisotopic (exact) mass is 541 g/mol. The molecule has 4 aliphatic rings. The van der Waals surface area contributed by atoms with Crippen LogP contribution in [0.15, 0.2) is 48.7 Å². The number of benzene rings is 1. The molecule has 4 aliphatic heterocycles. The van der Waals surface area contributed by atoms with Crippen LogP contribution in [0.1, 0.15) is 50.8 Å². The molecule has 2 N–H and O–H groups in total. The van der Waals surface area contributed by atoms with Gasteiger partial charge < -0.3 is 29.9 Å². The first-order chi connectivity index (χ1) is 19.4. The SMILES string of the molecule is CC1(C)C[C@H]2N(c3cccc([C@H]4CCNC4)n3)c3nc(Nc4ccc(N5CCOCC5)cc4)ncc3[C@@]2(C)CO1. The fourth-order valence-electron chi connectivity index (χ4n) is 6.67. The van der Waals surface area contributed by atoms with E-state index in [2.05, 4.69) is 83.7 Å². The average molecular weight is 542 g/mol. The maximum Gasteiger partial charge on any atom is 0.229 e. The molecule has 3 saturated heterocycles. The average Bonchev–Trinajstić information content (AvgIpc) is 3.59. The normalized spacial score (nSPS) is 27.4. The number of hydrogen-bond acceptors (Lipinski definition) is 9. The predicted molar refractivity (Wildman–Crippen MR) is 157 cm³/mol. The second-order valence-corrected chi connectivity index (χ2v) is 12.4. The van der Waals surface area contributed by atoms with Crippen molar-refractivity contribution in [2.45, 2.75) is 56.6 Å². The van der Waals surface area contributed by atoms with E-state index in [4.69, 9.17) is 24.4 Å². The standard InChI is InChI=1S/C31H39N7O2/c1-30(2)17-26-31(3,20-40-30)24-19-33-29(34-22-7-9-23(10-8-22)37-13-15-39-16-14-37)36-28(24)38(26)27-6-4-5-25(35-27)21-11-12-32-18-21/h4-10,19,21,26,32H,11-18,20H2,1-3H3,(H,33,34,36)/t21-,26+,31+/m0/s1. The van der Waals surface area contributed by atoms with Crippen molar-refractivity contribution in [3.63, 3.8) is 0 Å². The Balaban J connectivity index is 1.22. The van der Waals surface area contributed by atoms with Crippen molar-refractivity contribution < 1.29 is 9.47 Å². The molecule has 9 heteroatoms. The summed E-state index contributed by atoms with van der Waals surface area (Å²) in [5, 5.41) is 6.93. The molecule has 3 fully saturated rings. The molecule has 0 bridgehead atoms. The molecule has 2 aromatic heterocycles. The van der Waals surface area contributed by atoms with E-state index in [0.717, 1.165) is 80.8 Å². The van der Waals surface area contributed by atoms with Crippen LogP contribution in [0.25, 0.3) is 0 Å². The van der Waals surface area contributed by atoms with Crippen LogP contribution >= 0.6 is 0 Å². The van der Waals surface area contributed by atoms with Gasteiger partial charge in [-0.1, -0.05) is 13.0 Å². The molecule has 0 aliphatic carbocycles. The van der Waals surface area contributed by atoms with Crippen LogP contribution < -0.4 is 20.4 Å². The molecule has 6 heterocycles. The fraction of sp³-hybridized carbons (Fsp3) is 0.516. The largest absolute Gasteiger partial charge is 0.378 e. The van der Waals surface area contributed by atoms with E-state index in [1.54, 1.807) is 0 Å². The Labute approximate surface area is 236 Å². The molecule has 0 unspecified atom stereocenters. The zero-order valence-corrected chi connectivity index (χ0v) is 23.7. The third-order valence-corrected chi connectivity index (χ3v) is 9.09. The minimum atomic E-state index is -0.228. The van der Waals surface area contributed by atoms with Crippen LogP contribution in [-0.4, -0.2) is 72.6 Å². The first-order valence-electron chi connectivity index (χ1n) is 14.6. The van der Waals surface area contributed by atoms with Gasteiger partial charge in [0, 0.05) is 59.8 Å². The highest BCUT2D eigenvalue weighted by Gasteiger charge is 2.55. The lowest BCUT2D eigenvalue weighted by Crippen LogP contribution is -2.54. The van der Waals surface area contributed by atoms with E-state index in [1.165, 1.54) is 5.69 Å². The van der Waals surface area contributed by atoms with E-state index in [9.17, 15) is 0 Å². The lowest BCUT2D eigenvalue weighted by molar-refractivity contribution is -0.0893. The summed E-state index contributed by atoms with van der Waals surface area (Å²) in [7, 11) is 0. The Hall–Kier alpha value is -3.27. The van der Waals surface area contributed by atoms with E-state index in [1.807, 2.05) is 6.20 Å². The molecule has 3 aromatic rings. The van der Waals surface area contributed by atoms with E-state index >= 15 is 0 Å². The summed E-state index contributed by atoms with van der Waals surface area (Å²) in [6, 6.07) is 15.1. The van der Waals surface area contributed by atoms with Gasteiger partial charge in [0.2, 0.25) is 5.95 Å². The topological polar surface area (TPSA) is 87.7 Å². The van der Waals surface area contributed by atoms with Gasteiger partial charge in [-0.3, -0.25) is 0 Å². The van der Waals surface area contributed by atoms with Gasteiger partial charge in [-0.2, -0.15) is 4.98 Å². The Kier molecular flexibility index (Phi) is 6.40. The lowest BCUT2D eigenvalue weighted by atomic mass is 9.73. The van der Waals surface area contributed by atoms with Gasteiger partial charge in [0.1, 0.15) is 11.6 Å². The van der Waals surface area contributed by atoms with Crippen LogP contribution in [0.3, 0.4) is 0 Å². The number of rotatable bonds is 5. The molecule has 0 spiro atoms. The molecule has 1 aromatic carbocycles. The number of nitrogens with zero attached hydrogens (tertiary/aromatic N) is 5. The van der Waals surface area contributed by atoms with Gasteiger partial charge in [-0.05, 0) is 69.6 Å². The summed E-state index contributed by atoms with van der Waals surface area (Å²) >= 11 is 0. The van der Waals surface area contributed by atoms with Crippen molar-refractivity contribution in [3.8, 4) is 0 Å². The molecule has 0 saturated carbocycles. The van der Waals surface area contributed by atoms with Crippen molar-refractivity contribution in [1.82, 2.24) is 20.3 Å². The third kappa shape index (κ3) is 4.60. The van der Waals surface area contributed by atoms with Crippen LogP contribution in [-0.2, 0) is 14.9 Å². The summed E-state index contributed by atoms with van der Waals surface area (Å²) in [5.74, 6) is 2.91. The molecular weight excluding hydrogens is 502 g/mol. The third-order valence-electron chi connectivity index (χ3n) is 9.09. The molecule has 9 nitrogen and oxygen atoms in total.